The summed E-state index contributed by atoms with van der Waals surface area (Å²) < 4.78 is 44.3. The average molecular weight is 479 g/mol. The van der Waals surface area contributed by atoms with Crippen LogP contribution < -0.4 is 10.6 Å². The Bertz CT molecular complexity index is 1170. The van der Waals surface area contributed by atoms with Crippen LogP contribution in [0.1, 0.15) is 28.8 Å². The molecule has 33 heavy (non-hydrogen) atoms. The van der Waals surface area contributed by atoms with Gasteiger partial charge in [-0.15, -0.1) is 0 Å². The summed E-state index contributed by atoms with van der Waals surface area (Å²) in [5, 5.41) is 5.11. The van der Waals surface area contributed by atoms with Crippen molar-refractivity contribution in [2.45, 2.75) is 25.1 Å². The molecule has 5 atom stereocenters. The molecule has 0 radical (unpaired) electrons. The zero-order valence-corrected chi connectivity index (χ0v) is 17.7. The number of carbonyl (C=O) groups is 3. The number of rotatable bonds is 4. The number of nitrogens with one attached hydrogen (secondary N) is 2. The van der Waals surface area contributed by atoms with E-state index < -0.39 is 29.5 Å². The molecule has 1 aliphatic heterocycles. The number of esters is 1. The van der Waals surface area contributed by atoms with Crippen molar-refractivity contribution >= 4 is 40.8 Å². The largest absolute Gasteiger partial charge is 0.462 e. The molecular weight excluding hydrogens is 461 g/mol. The molecule has 5 rings (SSSR count). The van der Waals surface area contributed by atoms with Crippen LogP contribution in [-0.4, -0.2) is 23.9 Å². The van der Waals surface area contributed by atoms with Crippen molar-refractivity contribution in [2.75, 3.05) is 10.6 Å². The van der Waals surface area contributed by atoms with Crippen LogP contribution in [0, 0.1) is 23.7 Å². The standard InChI is InChI=1S/C23H18ClF3N2O4/c24-15-5-4-12(23(25,26)27)9-16(15)29-20(30)10-2-1-3-13(6-10)28-21(31)18-11-7-14-17(8-11)33-22(32)19(14)18/h1-6,9,11,14,17-19H,7-8H2,(H,28,31)(H,29,30)/t11-,14-,17+,18-,19-/m1/s1. The molecule has 2 bridgehead atoms. The Kier molecular flexibility index (Phi) is 5.12. The minimum absolute atomic E-state index is 0.0427. The van der Waals surface area contributed by atoms with Crippen molar-refractivity contribution in [3.8, 4) is 0 Å². The number of amides is 2. The first-order valence-electron chi connectivity index (χ1n) is 10.4. The SMILES string of the molecule is O=C(Nc1cc(C(F)(F)F)ccc1Cl)c1cccc(NC(=O)[C@@H]2[C@@H]3C[C@H]4[C@H]2C(=O)O[C@H]4C3)c1. The number of anilines is 2. The monoisotopic (exact) mass is 478 g/mol. The highest BCUT2D eigenvalue weighted by Crippen LogP contribution is 2.57. The third-order valence-corrected chi connectivity index (χ3v) is 7.05. The summed E-state index contributed by atoms with van der Waals surface area (Å²) in [5.41, 5.74) is -0.660. The number of hydrogen-bond donors (Lipinski definition) is 2. The van der Waals surface area contributed by atoms with Gasteiger partial charge in [-0.2, -0.15) is 13.2 Å². The van der Waals surface area contributed by atoms with E-state index in [1.54, 1.807) is 12.1 Å². The third kappa shape index (κ3) is 3.84. The van der Waals surface area contributed by atoms with Crippen LogP contribution >= 0.6 is 11.6 Å². The molecule has 2 aliphatic carbocycles. The zero-order chi connectivity index (χ0) is 23.5. The molecule has 1 heterocycles. The van der Waals surface area contributed by atoms with Gasteiger partial charge in [-0.3, -0.25) is 14.4 Å². The summed E-state index contributed by atoms with van der Waals surface area (Å²) in [4.78, 5) is 37.7. The number of carbonyl (C=O) groups excluding carboxylic acids is 3. The van der Waals surface area contributed by atoms with Crippen LogP contribution in [0.5, 0.6) is 0 Å². The minimum atomic E-state index is -4.58. The predicted molar refractivity (Wildman–Crippen MR) is 113 cm³/mol. The summed E-state index contributed by atoms with van der Waals surface area (Å²) >= 11 is 5.95. The van der Waals surface area contributed by atoms with Crippen LogP contribution in [0.25, 0.3) is 0 Å². The maximum absolute atomic E-state index is 13.0. The lowest BCUT2D eigenvalue weighted by Gasteiger charge is -2.23. The summed E-state index contributed by atoms with van der Waals surface area (Å²) in [6.45, 7) is 0. The van der Waals surface area contributed by atoms with Crippen molar-refractivity contribution in [1.29, 1.82) is 0 Å². The quantitative estimate of drug-likeness (QED) is 0.621. The first-order chi connectivity index (χ1) is 15.6. The molecule has 2 saturated carbocycles. The normalized spacial score (nSPS) is 27.4. The van der Waals surface area contributed by atoms with Gasteiger partial charge in [0.1, 0.15) is 6.10 Å². The Hall–Kier alpha value is -3.07. The van der Waals surface area contributed by atoms with E-state index in [2.05, 4.69) is 10.6 Å². The number of fused-ring (bicyclic) bond motifs is 1. The number of ether oxygens (including phenoxy) is 1. The second-order valence-electron chi connectivity index (χ2n) is 8.64. The fraction of sp³-hybridized carbons (Fsp3) is 0.348. The van der Waals surface area contributed by atoms with Crippen molar-refractivity contribution < 1.29 is 32.3 Å². The predicted octanol–water partition coefficient (Wildman–Crippen LogP) is 4.75. The van der Waals surface area contributed by atoms with Crippen molar-refractivity contribution in [1.82, 2.24) is 0 Å². The molecule has 2 amide bonds. The number of hydrogen-bond acceptors (Lipinski definition) is 4. The Labute approximate surface area is 191 Å². The summed E-state index contributed by atoms with van der Waals surface area (Å²) in [6, 6.07) is 8.65. The van der Waals surface area contributed by atoms with E-state index in [0.717, 1.165) is 24.6 Å². The number of benzene rings is 2. The average Bonchev–Trinajstić information content (AvgIpc) is 3.37. The molecule has 172 valence electrons. The Morgan fingerprint density at radius 2 is 1.85 bits per heavy atom. The van der Waals surface area contributed by atoms with Gasteiger partial charge in [-0.1, -0.05) is 17.7 Å². The van der Waals surface area contributed by atoms with Gasteiger partial charge >= 0.3 is 12.1 Å². The molecule has 10 heteroatoms. The van der Waals surface area contributed by atoms with Gasteiger partial charge in [0.25, 0.3) is 5.91 Å². The Morgan fingerprint density at radius 1 is 1.06 bits per heavy atom. The molecular formula is C23H18ClF3N2O4. The van der Waals surface area contributed by atoms with E-state index >= 15 is 0 Å². The summed E-state index contributed by atoms with van der Waals surface area (Å²) in [7, 11) is 0. The maximum Gasteiger partial charge on any atom is 0.416 e. The molecule has 0 unspecified atom stereocenters. The highest BCUT2D eigenvalue weighted by molar-refractivity contribution is 6.34. The topological polar surface area (TPSA) is 84.5 Å². The molecule has 1 saturated heterocycles. The first-order valence-corrected chi connectivity index (χ1v) is 10.8. The number of halogens is 4. The van der Waals surface area contributed by atoms with Gasteiger partial charge in [0.05, 0.1) is 28.1 Å². The fourth-order valence-corrected chi connectivity index (χ4v) is 5.48. The van der Waals surface area contributed by atoms with E-state index in [-0.39, 0.29) is 46.1 Å². The van der Waals surface area contributed by atoms with E-state index in [1.165, 1.54) is 12.1 Å². The Morgan fingerprint density at radius 3 is 2.61 bits per heavy atom. The van der Waals surface area contributed by atoms with Crippen LogP contribution in [0.3, 0.4) is 0 Å². The smallest absolute Gasteiger partial charge is 0.416 e. The van der Waals surface area contributed by atoms with Gasteiger partial charge in [0, 0.05) is 17.2 Å². The summed E-state index contributed by atoms with van der Waals surface area (Å²) in [6.07, 6.45) is -3.18. The lowest BCUT2D eigenvalue weighted by molar-refractivity contribution is -0.145. The lowest BCUT2D eigenvalue weighted by Crippen LogP contribution is -2.35. The van der Waals surface area contributed by atoms with E-state index in [9.17, 15) is 27.6 Å². The van der Waals surface area contributed by atoms with Gasteiger partial charge in [-0.05, 0) is 55.2 Å². The second kappa shape index (κ2) is 7.76. The van der Waals surface area contributed by atoms with E-state index in [4.69, 9.17) is 16.3 Å². The molecule has 6 nitrogen and oxygen atoms in total. The second-order valence-corrected chi connectivity index (χ2v) is 9.05. The van der Waals surface area contributed by atoms with E-state index in [1.807, 2.05) is 0 Å². The molecule has 3 fully saturated rings. The van der Waals surface area contributed by atoms with Crippen molar-refractivity contribution in [3.05, 3.63) is 58.6 Å². The first kappa shape index (κ1) is 21.8. The molecule has 2 N–H and O–H groups in total. The molecule has 0 spiro atoms. The Balaban J connectivity index is 1.30. The highest BCUT2D eigenvalue weighted by Gasteiger charge is 2.63. The van der Waals surface area contributed by atoms with Crippen LogP contribution in [0.4, 0.5) is 24.5 Å². The highest BCUT2D eigenvalue weighted by atomic mass is 35.5. The van der Waals surface area contributed by atoms with Gasteiger partial charge < -0.3 is 15.4 Å². The molecule has 2 aromatic carbocycles. The lowest BCUT2D eigenvalue weighted by atomic mass is 9.79. The van der Waals surface area contributed by atoms with Gasteiger partial charge in [0.2, 0.25) is 5.91 Å². The van der Waals surface area contributed by atoms with Crippen molar-refractivity contribution in [3.63, 3.8) is 0 Å². The van der Waals surface area contributed by atoms with Crippen LogP contribution in [0.2, 0.25) is 5.02 Å². The zero-order valence-electron chi connectivity index (χ0n) is 17.0. The van der Waals surface area contributed by atoms with Gasteiger partial charge in [-0.25, -0.2) is 0 Å². The molecule has 3 aliphatic rings. The van der Waals surface area contributed by atoms with E-state index in [0.29, 0.717) is 12.1 Å². The molecule has 0 aromatic heterocycles. The molecule has 2 aromatic rings. The fourth-order valence-electron chi connectivity index (χ4n) is 5.32. The van der Waals surface area contributed by atoms with Gasteiger partial charge in [0.15, 0.2) is 0 Å². The minimum Gasteiger partial charge on any atom is -0.462 e. The third-order valence-electron chi connectivity index (χ3n) is 6.72. The maximum atomic E-state index is 13.0. The number of alkyl halides is 3. The summed E-state index contributed by atoms with van der Waals surface area (Å²) in [5.74, 6) is -2.03. The van der Waals surface area contributed by atoms with Crippen molar-refractivity contribution in [2.24, 2.45) is 23.7 Å². The van der Waals surface area contributed by atoms with Crippen LogP contribution in [0.15, 0.2) is 42.5 Å². The van der Waals surface area contributed by atoms with Crippen LogP contribution in [-0.2, 0) is 20.5 Å².